The van der Waals surface area contributed by atoms with E-state index in [2.05, 4.69) is 20.9 Å². The first-order valence-electron chi connectivity index (χ1n) is 22.0. The molecular weight excluding hydrogens is 642 g/mol. The van der Waals surface area contributed by atoms with Crippen molar-refractivity contribution in [1.29, 1.82) is 0 Å². The van der Waals surface area contributed by atoms with Crippen LogP contribution in [0.3, 0.4) is 0 Å². The molecule has 0 unspecified atom stereocenters. The Labute approximate surface area is 317 Å². The second-order valence-electron chi connectivity index (χ2n) is 15.8. The molecule has 0 atom stereocenters. The molecule has 4 nitrogen and oxygen atoms in total. The lowest BCUT2D eigenvalue weighted by Crippen LogP contribution is -3.00. The number of hydrogen-bond donors (Lipinski definition) is 0. The largest absolute Gasteiger partial charge is 1.00 e. The van der Waals surface area contributed by atoms with E-state index in [4.69, 9.17) is 13.3 Å². The minimum absolute atomic E-state index is 0. The van der Waals surface area contributed by atoms with Gasteiger partial charge in [0.25, 0.3) is 0 Å². The smallest absolute Gasteiger partial charge is 0.500 e. The molecule has 49 heavy (non-hydrogen) atoms. The molecular formula is C43H92ClNO3Si. The molecule has 0 heterocycles. The molecule has 0 aliphatic carbocycles. The van der Waals surface area contributed by atoms with E-state index in [-0.39, 0.29) is 12.4 Å². The Morgan fingerprint density at radius 1 is 0.327 bits per heavy atom. The third kappa shape index (κ3) is 33.9. The van der Waals surface area contributed by atoms with Crippen LogP contribution in [-0.4, -0.2) is 61.3 Å². The number of unbranched alkanes of at least 4 members (excludes halogenated alkanes) is 30. The van der Waals surface area contributed by atoms with Crippen molar-refractivity contribution in [3.05, 3.63) is 0 Å². The minimum atomic E-state index is -2.48. The van der Waals surface area contributed by atoms with Crippen molar-refractivity contribution < 1.29 is 30.2 Å². The summed E-state index contributed by atoms with van der Waals surface area (Å²) in [6, 6.07) is 0.919. The highest BCUT2D eigenvalue weighted by Crippen LogP contribution is 2.21. The Morgan fingerprint density at radius 3 is 0.755 bits per heavy atom. The van der Waals surface area contributed by atoms with Crippen molar-refractivity contribution >= 4 is 8.80 Å². The summed E-state index contributed by atoms with van der Waals surface area (Å²) in [5.41, 5.74) is 0. The molecule has 0 radical (unpaired) electrons. The molecule has 0 aliphatic rings. The van der Waals surface area contributed by atoms with Gasteiger partial charge >= 0.3 is 8.80 Å². The van der Waals surface area contributed by atoms with Crippen LogP contribution in [-0.2, 0) is 13.3 Å². The zero-order chi connectivity index (χ0) is 35.3. The van der Waals surface area contributed by atoms with E-state index >= 15 is 0 Å². The molecule has 0 aromatic rings. The van der Waals surface area contributed by atoms with Crippen LogP contribution in [0.1, 0.15) is 226 Å². The number of hydrogen-bond acceptors (Lipinski definition) is 3. The number of nitrogens with zero attached hydrogens (tertiary/aromatic N) is 1. The van der Waals surface area contributed by atoms with Gasteiger partial charge in [0.1, 0.15) is 0 Å². The lowest BCUT2D eigenvalue weighted by Gasteiger charge is -2.36. The SMILES string of the molecule is CCCCCCCCCCCCCCCCCC[N+](C)(CCCCCCCCCCCCCCCCCC)CCC[Si](OC)(OC)OC.[Cl-]. The first kappa shape index (κ1) is 51.5. The van der Waals surface area contributed by atoms with Crippen LogP contribution in [0.5, 0.6) is 0 Å². The maximum Gasteiger partial charge on any atom is 0.500 e. The fourth-order valence-corrected chi connectivity index (χ4v) is 9.36. The molecule has 0 aromatic carbocycles. The van der Waals surface area contributed by atoms with Crippen LogP contribution in [0.25, 0.3) is 0 Å². The summed E-state index contributed by atoms with van der Waals surface area (Å²) < 4.78 is 18.4. The van der Waals surface area contributed by atoms with Crippen LogP contribution < -0.4 is 12.4 Å². The Morgan fingerprint density at radius 2 is 0.531 bits per heavy atom. The monoisotopic (exact) mass is 734 g/mol. The van der Waals surface area contributed by atoms with Crippen LogP contribution >= 0.6 is 0 Å². The van der Waals surface area contributed by atoms with Gasteiger partial charge in [0, 0.05) is 33.8 Å². The van der Waals surface area contributed by atoms with Crippen LogP contribution in [0.15, 0.2) is 0 Å². The summed E-state index contributed by atoms with van der Waals surface area (Å²) in [7, 11) is 5.29. The Kier molecular flexibility index (Phi) is 41.5. The van der Waals surface area contributed by atoms with Crippen molar-refractivity contribution in [3.8, 4) is 0 Å². The maximum absolute atomic E-state index is 5.73. The van der Waals surface area contributed by atoms with Gasteiger partial charge in [-0.05, 0) is 25.7 Å². The molecule has 0 rings (SSSR count). The summed E-state index contributed by atoms with van der Waals surface area (Å²) in [6.07, 6.45) is 47.1. The van der Waals surface area contributed by atoms with Gasteiger partial charge in [-0.3, -0.25) is 0 Å². The van der Waals surface area contributed by atoms with Crippen molar-refractivity contribution in [1.82, 2.24) is 0 Å². The van der Waals surface area contributed by atoms with Crippen molar-refractivity contribution in [2.24, 2.45) is 0 Å². The predicted octanol–water partition coefficient (Wildman–Crippen LogP) is 11.2. The number of halogens is 1. The normalized spacial score (nSPS) is 12.1. The van der Waals surface area contributed by atoms with Crippen LogP contribution in [0, 0.1) is 0 Å². The van der Waals surface area contributed by atoms with E-state index in [1.54, 1.807) is 21.3 Å². The number of quaternary nitrogens is 1. The maximum atomic E-state index is 5.73. The van der Waals surface area contributed by atoms with Gasteiger partial charge in [-0.2, -0.15) is 0 Å². The standard InChI is InChI=1S/C43H92NO3Si.ClH/c1-7-9-11-13-15-17-19-21-23-25-27-29-31-33-35-37-40-44(3,42-39-43-48(45-4,46-5)47-6)41-38-36-34-32-30-28-26-24-22-20-18-16-14-12-10-8-2;/h7-43H2,1-6H3;1H/q+1;/p-1. The molecule has 0 saturated carbocycles. The molecule has 0 aromatic heterocycles. The van der Waals surface area contributed by atoms with E-state index < -0.39 is 8.80 Å². The first-order valence-corrected chi connectivity index (χ1v) is 23.9. The average Bonchev–Trinajstić information content (AvgIpc) is 3.10. The Bertz CT molecular complexity index is 578. The third-order valence-electron chi connectivity index (χ3n) is 11.2. The predicted molar refractivity (Wildman–Crippen MR) is 216 cm³/mol. The molecule has 298 valence electrons. The number of rotatable bonds is 41. The van der Waals surface area contributed by atoms with Gasteiger partial charge in [-0.15, -0.1) is 0 Å². The van der Waals surface area contributed by atoms with E-state index in [1.165, 1.54) is 230 Å². The molecule has 0 fully saturated rings. The first-order chi connectivity index (χ1) is 23.5. The minimum Gasteiger partial charge on any atom is -1.00 e. The van der Waals surface area contributed by atoms with E-state index in [0.29, 0.717) is 0 Å². The fourth-order valence-electron chi connectivity index (χ4n) is 7.65. The molecule has 0 N–H and O–H groups in total. The van der Waals surface area contributed by atoms with Gasteiger partial charge in [0.15, 0.2) is 0 Å². The molecule has 0 aliphatic heterocycles. The summed E-state index contributed by atoms with van der Waals surface area (Å²) in [4.78, 5) is 0. The lowest BCUT2D eigenvalue weighted by atomic mass is 10.0. The quantitative estimate of drug-likeness (QED) is 0.0356. The van der Waals surface area contributed by atoms with E-state index in [1.807, 2.05) is 0 Å². The third-order valence-corrected chi connectivity index (χ3v) is 14.0. The second-order valence-corrected chi connectivity index (χ2v) is 18.9. The molecule has 6 heteroatoms. The lowest BCUT2D eigenvalue weighted by molar-refractivity contribution is -0.910. The highest BCUT2D eigenvalue weighted by Gasteiger charge is 2.38. The van der Waals surface area contributed by atoms with Gasteiger partial charge in [-0.25, -0.2) is 0 Å². The average molecular weight is 735 g/mol. The van der Waals surface area contributed by atoms with Crippen LogP contribution in [0.4, 0.5) is 0 Å². The molecule has 0 amide bonds. The zero-order valence-electron chi connectivity index (χ0n) is 34.7. The van der Waals surface area contributed by atoms with Crippen molar-refractivity contribution in [2.75, 3.05) is 48.0 Å². The Hall–Kier alpha value is 0.347. The van der Waals surface area contributed by atoms with Crippen molar-refractivity contribution in [3.63, 3.8) is 0 Å². The molecule has 0 bridgehead atoms. The highest BCUT2D eigenvalue weighted by molar-refractivity contribution is 6.60. The molecule has 0 spiro atoms. The highest BCUT2D eigenvalue weighted by atomic mass is 35.5. The van der Waals surface area contributed by atoms with Crippen molar-refractivity contribution in [2.45, 2.75) is 232 Å². The Balaban J connectivity index is 0. The summed E-state index contributed by atoms with van der Waals surface area (Å²) in [5.74, 6) is 0. The van der Waals surface area contributed by atoms with Gasteiger partial charge in [0.05, 0.1) is 26.7 Å². The summed E-state index contributed by atoms with van der Waals surface area (Å²) >= 11 is 0. The van der Waals surface area contributed by atoms with E-state index in [0.717, 1.165) is 12.5 Å². The second kappa shape index (κ2) is 39.6. The zero-order valence-corrected chi connectivity index (χ0v) is 36.5. The van der Waals surface area contributed by atoms with Gasteiger partial charge < -0.3 is 30.2 Å². The summed E-state index contributed by atoms with van der Waals surface area (Å²) in [6.45, 7) is 8.46. The van der Waals surface area contributed by atoms with E-state index in [9.17, 15) is 0 Å². The van der Waals surface area contributed by atoms with Gasteiger partial charge in [0.2, 0.25) is 0 Å². The summed E-state index contributed by atoms with van der Waals surface area (Å²) in [5, 5.41) is 0. The molecule has 0 saturated heterocycles. The van der Waals surface area contributed by atoms with Crippen LogP contribution in [0.2, 0.25) is 6.04 Å². The van der Waals surface area contributed by atoms with Gasteiger partial charge in [-0.1, -0.05) is 194 Å². The fraction of sp³-hybridized carbons (Fsp3) is 1.00. The topological polar surface area (TPSA) is 27.7 Å².